The van der Waals surface area contributed by atoms with Crippen LogP contribution in [-0.2, 0) is 17.8 Å². The van der Waals surface area contributed by atoms with E-state index in [1.807, 2.05) is 0 Å². The summed E-state index contributed by atoms with van der Waals surface area (Å²) in [6, 6.07) is 0.753. The number of nitrogens with zero attached hydrogens (tertiary/aromatic N) is 2. The zero-order valence-electron chi connectivity index (χ0n) is 12.7. The molecule has 0 aromatic carbocycles. The molecule has 1 aliphatic heterocycles. The highest BCUT2D eigenvalue weighted by molar-refractivity contribution is 7.09. The van der Waals surface area contributed by atoms with Crippen LogP contribution >= 0.6 is 11.3 Å². The van der Waals surface area contributed by atoms with Crippen LogP contribution in [-0.4, -0.2) is 40.7 Å². The summed E-state index contributed by atoms with van der Waals surface area (Å²) in [5.41, 5.74) is 1.15. The molecule has 1 saturated carbocycles. The predicted octanol–water partition coefficient (Wildman–Crippen LogP) is 2.39. The van der Waals surface area contributed by atoms with E-state index in [1.54, 1.807) is 11.3 Å². The molecular weight excluding hydrogens is 270 g/mol. The van der Waals surface area contributed by atoms with E-state index in [-0.39, 0.29) is 5.60 Å². The Kier molecular flexibility index (Phi) is 4.13. The summed E-state index contributed by atoms with van der Waals surface area (Å²) >= 11 is 1.78. The number of rotatable bonds is 5. The lowest BCUT2D eigenvalue weighted by Crippen LogP contribution is -2.51. The summed E-state index contributed by atoms with van der Waals surface area (Å²) in [5, 5.41) is 6.94. The van der Waals surface area contributed by atoms with Crippen molar-refractivity contribution < 1.29 is 4.74 Å². The predicted molar refractivity (Wildman–Crippen MR) is 81.9 cm³/mol. The highest BCUT2D eigenvalue weighted by Gasteiger charge is 2.31. The maximum Gasteiger partial charge on any atom is 0.107 e. The summed E-state index contributed by atoms with van der Waals surface area (Å²) in [7, 11) is 0. The van der Waals surface area contributed by atoms with Crippen LogP contribution in [0.2, 0.25) is 0 Å². The minimum atomic E-state index is -0.0515. The van der Waals surface area contributed by atoms with Crippen LogP contribution in [0.3, 0.4) is 0 Å². The molecule has 1 N–H and O–H groups in total. The fourth-order valence-electron chi connectivity index (χ4n) is 2.96. The Hall–Kier alpha value is -0.490. The second kappa shape index (κ2) is 5.72. The van der Waals surface area contributed by atoms with Gasteiger partial charge in [0.15, 0.2) is 0 Å². The molecule has 0 amide bonds. The molecule has 0 bridgehead atoms. The SMILES string of the molecule is CC1CN(Cc2csc(CNC3CC3)n2)CC(C)(C)O1. The number of aromatic nitrogens is 1. The van der Waals surface area contributed by atoms with Crippen molar-refractivity contribution in [3.63, 3.8) is 0 Å². The lowest BCUT2D eigenvalue weighted by molar-refractivity contribution is -0.130. The van der Waals surface area contributed by atoms with Gasteiger partial charge in [0.2, 0.25) is 0 Å². The summed E-state index contributed by atoms with van der Waals surface area (Å²) in [6.07, 6.45) is 2.96. The van der Waals surface area contributed by atoms with Crippen LogP contribution in [0.4, 0.5) is 0 Å². The Labute approximate surface area is 125 Å². The van der Waals surface area contributed by atoms with Crippen LogP contribution in [0.15, 0.2) is 5.38 Å². The van der Waals surface area contributed by atoms with Crippen LogP contribution < -0.4 is 5.32 Å². The van der Waals surface area contributed by atoms with E-state index in [0.29, 0.717) is 6.10 Å². The molecule has 0 spiro atoms. The number of nitrogens with one attached hydrogen (secondary N) is 1. The normalized spacial score (nSPS) is 26.9. The molecule has 20 heavy (non-hydrogen) atoms. The molecule has 2 fully saturated rings. The van der Waals surface area contributed by atoms with Gasteiger partial charge in [0.25, 0.3) is 0 Å². The number of ether oxygens (including phenoxy) is 1. The number of thiazole rings is 1. The van der Waals surface area contributed by atoms with Crippen molar-refractivity contribution in [1.82, 2.24) is 15.2 Å². The maximum atomic E-state index is 5.95. The smallest absolute Gasteiger partial charge is 0.107 e. The Morgan fingerprint density at radius 1 is 1.50 bits per heavy atom. The second-order valence-electron chi connectivity index (χ2n) is 6.75. The quantitative estimate of drug-likeness (QED) is 0.905. The highest BCUT2D eigenvalue weighted by Crippen LogP contribution is 2.23. The van der Waals surface area contributed by atoms with Gasteiger partial charge in [-0.1, -0.05) is 0 Å². The van der Waals surface area contributed by atoms with Crippen LogP contribution in [0, 0.1) is 0 Å². The van der Waals surface area contributed by atoms with Gasteiger partial charge in [-0.2, -0.15) is 0 Å². The van der Waals surface area contributed by atoms with Gasteiger partial charge in [0, 0.05) is 37.6 Å². The Bertz CT molecular complexity index is 456. The fraction of sp³-hybridized carbons (Fsp3) is 0.800. The van der Waals surface area contributed by atoms with Crippen LogP contribution in [0.5, 0.6) is 0 Å². The summed E-state index contributed by atoms with van der Waals surface area (Å²) in [5.74, 6) is 0. The third-order valence-electron chi connectivity index (χ3n) is 3.74. The summed E-state index contributed by atoms with van der Waals surface area (Å²) in [4.78, 5) is 7.21. The molecule has 1 unspecified atom stereocenters. The average molecular weight is 295 g/mol. The first-order valence-corrected chi connectivity index (χ1v) is 8.45. The van der Waals surface area contributed by atoms with Crippen molar-refractivity contribution in [2.45, 2.75) is 64.4 Å². The van der Waals surface area contributed by atoms with E-state index in [1.165, 1.54) is 23.5 Å². The van der Waals surface area contributed by atoms with Crippen molar-refractivity contribution in [3.8, 4) is 0 Å². The molecule has 0 radical (unpaired) electrons. The number of morpholine rings is 1. The number of hydrogen-bond donors (Lipinski definition) is 1. The topological polar surface area (TPSA) is 37.4 Å². The van der Waals surface area contributed by atoms with Crippen molar-refractivity contribution >= 4 is 11.3 Å². The second-order valence-corrected chi connectivity index (χ2v) is 7.69. The van der Waals surface area contributed by atoms with Gasteiger partial charge < -0.3 is 10.1 Å². The molecule has 1 aromatic rings. The van der Waals surface area contributed by atoms with Gasteiger partial charge in [0.1, 0.15) is 5.01 Å². The zero-order valence-corrected chi connectivity index (χ0v) is 13.5. The Balaban J connectivity index is 1.53. The van der Waals surface area contributed by atoms with Gasteiger partial charge in [-0.15, -0.1) is 11.3 Å². The van der Waals surface area contributed by atoms with Gasteiger partial charge in [-0.05, 0) is 33.6 Å². The minimum Gasteiger partial charge on any atom is -0.370 e. The monoisotopic (exact) mass is 295 g/mol. The first kappa shape index (κ1) is 14.4. The molecule has 1 saturated heterocycles. The van der Waals surface area contributed by atoms with Crippen molar-refractivity contribution in [2.24, 2.45) is 0 Å². The summed E-state index contributed by atoms with van der Waals surface area (Å²) in [6.45, 7) is 10.3. The van der Waals surface area contributed by atoms with Crippen molar-refractivity contribution in [1.29, 1.82) is 0 Å². The average Bonchev–Trinajstić information content (AvgIpc) is 3.05. The van der Waals surface area contributed by atoms with Crippen LogP contribution in [0.1, 0.15) is 44.3 Å². The molecular formula is C15H25N3OS. The van der Waals surface area contributed by atoms with E-state index in [9.17, 15) is 0 Å². The zero-order chi connectivity index (χ0) is 14.2. The molecule has 4 nitrogen and oxygen atoms in total. The van der Waals surface area contributed by atoms with E-state index in [2.05, 4.69) is 36.4 Å². The fourth-order valence-corrected chi connectivity index (χ4v) is 3.69. The van der Waals surface area contributed by atoms with Gasteiger partial charge in [0.05, 0.1) is 17.4 Å². The molecule has 5 heteroatoms. The first-order chi connectivity index (χ1) is 9.50. The summed E-state index contributed by atoms with van der Waals surface area (Å²) < 4.78 is 5.95. The molecule has 1 aromatic heterocycles. The molecule has 1 aliphatic carbocycles. The molecule has 3 rings (SSSR count). The van der Waals surface area contributed by atoms with E-state index in [0.717, 1.165) is 32.2 Å². The molecule has 2 heterocycles. The maximum absolute atomic E-state index is 5.95. The van der Waals surface area contributed by atoms with Crippen molar-refractivity contribution in [2.75, 3.05) is 13.1 Å². The Morgan fingerprint density at radius 3 is 3.00 bits per heavy atom. The highest BCUT2D eigenvalue weighted by atomic mass is 32.1. The number of hydrogen-bond acceptors (Lipinski definition) is 5. The molecule has 2 aliphatic rings. The van der Waals surface area contributed by atoms with E-state index >= 15 is 0 Å². The lowest BCUT2D eigenvalue weighted by Gasteiger charge is -2.41. The first-order valence-electron chi connectivity index (χ1n) is 7.57. The van der Waals surface area contributed by atoms with Crippen LogP contribution in [0.25, 0.3) is 0 Å². The standard InChI is InChI=1S/C15H25N3OS/c1-11-7-18(10-15(2,3)19-11)8-13-9-20-14(17-13)6-16-12-4-5-12/h9,11-12,16H,4-8,10H2,1-3H3. The van der Waals surface area contributed by atoms with E-state index in [4.69, 9.17) is 9.72 Å². The van der Waals surface area contributed by atoms with Crippen molar-refractivity contribution in [3.05, 3.63) is 16.1 Å². The molecule has 1 atom stereocenters. The Morgan fingerprint density at radius 2 is 2.30 bits per heavy atom. The van der Waals surface area contributed by atoms with E-state index < -0.39 is 0 Å². The third-order valence-corrected chi connectivity index (χ3v) is 4.64. The van der Waals surface area contributed by atoms with Gasteiger partial charge in [-0.3, -0.25) is 4.90 Å². The lowest BCUT2D eigenvalue weighted by atomic mass is 10.1. The molecule has 112 valence electrons. The van der Waals surface area contributed by atoms with Gasteiger partial charge >= 0.3 is 0 Å². The third kappa shape index (κ3) is 4.01. The van der Waals surface area contributed by atoms with Gasteiger partial charge in [-0.25, -0.2) is 4.98 Å². The largest absolute Gasteiger partial charge is 0.370 e. The minimum absolute atomic E-state index is 0.0515.